The molecule has 0 aliphatic rings. The quantitative estimate of drug-likeness (QED) is 0.473. The van der Waals surface area contributed by atoms with Gasteiger partial charge in [-0.3, -0.25) is 0 Å². The van der Waals surface area contributed by atoms with Crippen molar-refractivity contribution in [3.05, 3.63) is 16.4 Å². The third-order valence-corrected chi connectivity index (χ3v) is 0.860. The minimum atomic E-state index is -2.89. The monoisotopic (exact) mass is 164 g/mol. The van der Waals surface area contributed by atoms with E-state index in [9.17, 15) is 18.9 Å². The van der Waals surface area contributed by atoms with Gasteiger partial charge in [0.25, 0.3) is 0 Å². The smallest absolute Gasteiger partial charge is 0.390 e. The van der Waals surface area contributed by atoms with Crippen LogP contribution in [0, 0.1) is 10.1 Å². The summed E-state index contributed by atoms with van der Waals surface area (Å²) in [6, 6.07) is 0. The van der Waals surface area contributed by atoms with E-state index in [1.807, 2.05) is 0 Å². The summed E-state index contributed by atoms with van der Waals surface area (Å²) in [5, 5.41) is 12.7. The molecule has 1 heterocycles. The fourth-order valence-electron chi connectivity index (χ4n) is 0.443. The number of alkyl halides is 2. The van der Waals surface area contributed by atoms with Crippen LogP contribution < -0.4 is 0 Å². The summed E-state index contributed by atoms with van der Waals surface area (Å²) in [4.78, 5) is 11.9. The second-order valence-electron chi connectivity index (χ2n) is 1.56. The van der Waals surface area contributed by atoms with Crippen molar-refractivity contribution in [3.8, 4) is 0 Å². The highest BCUT2D eigenvalue weighted by molar-refractivity contribution is 4.96. The van der Waals surface area contributed by atoms with E-state index in [0.29, 0.717) is 6.33 Å². The molecule has 60 valence electrons. The van der Waals surface area contributed by atoms with Gasteiger partial charge in [0.15, 0.2) is 0 Å². The van der Waals surface area contributed by atoms with Crippen molar-refractivity contribution in [3.63, 3.8) is 0 Å². The first kappa shape index (κ1) is 7.51. The largest absolute Gasteiger partial charge is 0.491 e. The van der Waals surface area contributed by atoms with Gasteiger partial charge in [-0.1, -0.05) is 4.98 Å². The fourth-order valence-corrected chi connectivity index (χ4v) is 0.443. The lowest BCUT2D eigenvalue weighted by Gasteiger charge is -1.88. The fraction of sp³-hybridized carbons (Fsp3) is 0.333. The van der Waals surface area contributed by atoms with Crippen LogP contribution in [-0.4, -0.2) is 19.7 Å². The molecule has 0 amide bonds. The Balaban J connectivity index is 2.90. The SMILES string of the molecule is O=[N+]([O-])c1ncn(C(F)F)n1. The lowest BCUT2D eigenvalue weighted by atomic mass is 11.1. The van der Waals surface area contributed by atoms with Gasteiger partial charge in [-0.25, -0.2) is 0 Å². The Labute approximate surface area is 58.6 Å². The first-order chi connectivity index (χ1) is 5.11. The Morgan fingerprint density at radius 1 is 1.73 bits per heavy atom. The highest BCUT2D eigenvalue weighted by Crippen LogP contribution is 2.09. The Kier molecular flexibility index (Phi) is 1.75. The normalized spacial score (nSPS) is 10.5. The lowest BCUT2D eigenvalue weighted by molar-refractivity contribution is -0.394. The van der Waals surface area contributed by atoms with Crippen LogP contribution in [0.5, 0.6) is 0 Å². The Morgan fingerprint density at radius 3 is 2.64 bits per heavy atom. The molecular weight excluding hydrogens is 162 g/mol. The molecule has 1 rings (SSSR count). The van der Waals surface area contributed by atoms with E-state index >= 15 is 0 Å². The van der Waals surface area contributed by atoms with E-state index in [0.717, 1.165) is 0 Å². The molecular formula is C3H2F2N4O2. The summed E-state index contributed by atoms with van der Waals surface area (Å²) in [7, 11) is 0. The van der Waals surface area contributed by atoms with Crippen LogP contribution in [-0.2, 0) is 0 Å². The minimum Gasteiger partial charge on any atom is -0.390 e. The molecule has 0 bridgehead atoms. The zero-order valence-electron chi connectivity index (χ0n) is 5.02. The van der Waals surface area contributed by atoms with Gasteiger partial charge >= 0.3 is 12.5 Å². The van der Waals surface area contributed by atoms with Crippen molar-refractivity contribution < 1.29 is 13.7 Å². The van der Waals surface area contributed by atoms with E-state index in [1.165, 1.54) is 0 Å². The molecule has 0 saturated heterocycles. The second-order valence-corrected chi connectivity index (χ2v) is 1.56. The van der Waals surface area contributed by atoms with Crippen molar-refractivity contribution in [1.29, 1.82) is 0 Å². The molecule has 0 fully saturated rings. The summed E-state index contributed by atoms with van der Waals surface area (Å²) in [5.74, 6) is -0.828. The number of nitrogens with zero attached hydrogens (tertiary/aromatic N) is 4. The zero-order valence-corrected chi connectivity index (χ0v) is 5.02. The summed E-state index contributed by atoms with van der Waals surface area (Å²) in [6.45, 7) is -2.89. The Bertz CT molecular complexity index is 272. The van der Waals surface area contributed by atoms with Gasteiger partial charge in [-0.2, -0.15) is 8.78 Å². The molecule has 0 aliphatic heterocycles. The Hall–Kier alpha value is -1.60. The van der Waals surface area contributed by atoms with Crippen molar-refractivity contribution in [2.45, 2.75) is 6.55 Å². The van der Waals surface area contributed by atoms with Crippen molar-refractivity contribution >= 4 is 5.95 Å². The van der Waals surface area contributed by atoms with E-state index in [1.54, 1.807) is 0 Å². The molecule has 0 atom stereocenters. The zero-order chi connectivity index (χ0) is 8.43. The first-order valence-corrected chi connectivity index (χ1v) is 2.45. The average Bonchev–Trinajstić information content (AvgIpc) is 2.33. The van der Waals surface area contributed by atoms with Crippen LogP contribution in [0.3, 0.4) is 0 Å². The molecule has 0 radical (unpaired) electrons. The first-order valence-electron chi connectivity index (χ1n) is 2.45. The maximum absolute atomic E-state index is 11.7. The van der Waals surface area contributed by atoms with E-state index in [4.69, 9.17) is 0 Å². The number of aromatic nitrogens is 3. The highest BCUT2D eigenvalue weighted by Gasteiger charge is 2.18. The summed E-state index contributed by atoms with van der Waals surface area (Å²) in [5.41, 5.74) is 0. The van der Waals surface area contributed by atoms with Crippen molar-refractivity contribution in [2.75, 3.05) is 0 Å². The minimum absolute atomic E-state index is 0.109. The third-order valence-electron chi connectivity index (χ3n) is 0.860. The van der Waals surface area contributed by atoms with Crippen LogP contribution in [0.2, 0.25) is 0 Å². The van der Waals surface area contributed by atoms with E-state index in [-0.39, 0.29) is 4.68 Å². The molecule has 0 saturated carbocycles. The topological polar surface area (TPSA) is 73.8 Å². The molecule has 0 aliphatic carbocycles. The average molecular weight is 164 g/mol. The molecule has 8 heteroatoms. The summed E-state index contributed by atoms with van der Waals surface area (Å²) < 4.78 is 23.5. The lowest BCUT2D eigenvalue weighted by Crippen LogP contribution is -1.99. The van der Waals surface area contributed by atoms with Crippen LogP contribution in [0.4, 0.5) is 14.7 Å². The molecule has 0 N–H and O–H groups in total. The molecule has 1 aromatic rings. The Morgan fingerprint density at radius 2 is 2.36 bits per heavy atom. The second kappa shape index (κ2) is 2.56. The summed E-state index contributed by atoms with van der Waals surface area (Å²) in [6.07, 6.45) is 0.600. The number of rotatable bonds is 2. The highest BCUT2D eigenvalue weighted by atomic mass is 19.3. The predicted octanol–water partition coefficient (Wildman–Crippen LogP) is 0.581. The third kappa shape index (κ3) is 1.45. The van der Waals surface area contributed by atoms with Crippen LogP contribution in [0.15, 0.2) is 6.33 Å². The predicted molar refractivity (Wildman–Crippen MR) is 27.9 cm³/mol. The van der Waals surface area contributed by atoms with Crippen LogP contribution >= 0.6 is 0 Å². The maximum Gasteiger partial charge on any atom is 0.491 e. The van der Waals surface area contributed by atoms with Gasteiger partial charge in [-0.15, -0.1) is 4.68 Å². The molecule has 0 aromatic carbocycles. The van der Waals surface area contributed by atoms with Gasteiger partial charge in [0.2, 0.25) is 6.33 Å². The number of nitro groups is 1. The molecule has 0 spiro atoms. The van der Waals surface area contributed by atoms with Gasteiger partial charge in [0.05, 0.1) is 0 Å². The molecule has 1 aromatic heterocycles. The van der Waals surface area contributed by atoms with Gasteiger partial charge < -0.3 is 10.1 Å². The molecule has 11 heavy (non-hydrogen) atoms. The van der Waals surface area contributed by atoms with Crippen molar-refractivity contribution in [2.24, 2.45) is 0 Å². The van der Waals surface area contributed by atoms with Gasteiger partial charge in [-0.05, 0) is 4.92 Å². The van der Waals surface area contributed by atoms with Crippen LogP contribution in [0.25, 0.3) is 0 Å². The summed E-state index contributed by atoms with van der Waals surface area (Å²) >= 11 is 0. The standard InChI is InChI=1S/C3H2F2N4O2/c4-2(5)8-1-6-3(7-8)9(10)11/h1-2H. The maximum atomic E-state index is 11.7. The molecule has 6 nitrogen and oxygen atoms in total. The van der Waals surface area contributed by atoms with Crippen molar-refractivity contribution in [1.82, 2.24) is 14.8 Å². The van der Waals surface area contributed by atoms with Gasteiger partial charge in [0, 0.05) is 5.10 Å². The molecule has 0 unspecified atom stereocenters. The van der Waals surface area contributed by atoms with Crippen LogP contribution in [0.1, 0.15) is 6.55 Å². The number of halogens is 2. The van der Waals surface area contributed by atoms with Gasteiger partial charge in [0.1, 0.15) is 0 Å². The van der Waals surface area contributed by atoms with E-state index in [2.05, 4.69) is 10.1 Å². The van der Waals surface area contributed by atoms with E-state index < -0.39 is 17.4 Å². The number of hydrogen-bond acceptors (Lipinski definition) is 4. The number of hydrogen-bond donors (Lipinski definition) is 0.